The molecule has 0 heterocycles. The van der Waals surface area contributed by atoms with Crippen molar-refractivity contribution in [3.8, 4) is 0 Å². The zero-order valence-electron chi connectivity index (χ0n) is 6.43. The summed E-state index contributed by atoms with van der Waals surface area (Å²) in [5.41, 5.74) is 4.91. The molecule has 0 aliphatic heterocycles. The van der Waals surface area contributed by atoms with Gasteiger partial charge in [0.15, 0.2) is 0 Å². The van der Waals surface area contributed by atoms with Gasteiger partial charge in [0, 0.05) is 0 Å². The van der Waals surface area contributed by atoms with Gasteiger partial charge in [-0.2, -0.15) is 0 Å². The van der Waals surface area contributed by atoms with Crippen LogP contribution in [0, 0.1) is 0 Å². The number of benzene rings is 1. The Bertz CT molecular complexity index is 332. The molecule has 0 atom stereocenters. The van der Waals surface area contributed by atoms with Crippen molar-refractivity contribution >= 4 is 5.57 Å². The lowest BCUT2D eigenvalue weighted by Gasteiger charge is -1.95. The van der Waals surface area contributed by atoms with E-state index in [0.29, 0.717) is 0 Å². The first-order valence-corrected chi connectivity index (χ1v) is 3.74. The molecule has 0 nitrogen and oxygen atoms in total. The number of allylic oxidation sites excluding steroid dienone is 2. The van der Waals surface area contributed by atoms with Gasteiger partial charge >= 0.3 is 0 Å². The van der Waals surface area contributed by atoms with Crippen molar-refractivity contribution in [2.24, 2.45) is 0 Å². The van der Waals surface area contributed by atoms with Gasteiger partial charge in [0.05, 0.1) is 0 Å². The molecule has 0 saturated carbocycles. The topological polar surface area (TPSA) is 0 Å². The normalized spacial score (nSPS) is 15.3. The highest BCUT2D eigenvalue weighted by atomic mass is 14.2. The highest BCUT2D eigenvalue weighted by molar-refractivity contribution is 5.83. The molecule has 0 aromatic heterocycles. The minimum Gasteiger partial charge on any atom is -0.0949 e. The third-order valence-corrected chi connectivity index (χ3v) is 2.17. The first-order chi connectivity index (χ1) is 5.29. The van der Waals surface area contributed by atoms with Crippen molar-refractivity contribution in [1.82, 2.24) is 0 Å². The van der Waals surface area contributed by atoms with Crippen molar-refractivity contribution < 1.29 is 0 Å². The second kappa shape index (κ2) is 2.09. The zero-order valence-corrected chi connectivity index (χ0v) is 6.43. The van der Waals surface area contributed by atoms with Crippen LogP contribution in [-0.4, -0.2) is 0 Å². The summed E-state index contributed by atoms with van der Waals surface area (Å²) in [6, 6.07) is 8.35. The fourth-order valence-corrected chi connectivity index (χ4v) is 1.50. The van der Waals surface area contributed by atoms with E-state index < -0.39 is 0 Å². The van der Waals surface area contributed by atoms with Gasteiger partial charge in [-0.1, -0.05) is 37.4 Å². The van der Waals surface area contributed by atoms with Gasteiger partial charge in [-0.15, -0.1) is 0 Å². The van der Waals surface area contributed by atoms with E-state index in [0.717, 1.165) is 17.6 Å². The smallest absolute Gasteiger partial charge is 0.00196 e. The van der Waals surface area contributed by atoms with Crippen molar-refractivity contribution in [3.63, 3.8) is 0 Å². The molecule has 2 rings (SSSR count). The minimum absolute atomic E-state index is 0.981. The maximum absolute atomic E-state index is 3.98. The van der Waals surface area contributed by atoms with Crippen LogP contribution in [0.3, 0.4) is 0 Å². The summed E-state index contributed by atoms with van der Waals surface area (Å²) in [6.07, 6.45) is 0.981. The quantitative estimate of drug-likeness (QED) is 0.522. The second-order valence-corrected chi connectivity index (χ2v) is 2.92. The average molecular weight is 142 g/mol. The van der Waals surface area contributed by atoms with Crippen LogP contribution in [0.25, 0.3) is 5.57 Å². The lowest BCUT2D eigenvalue weighted by molar-refractivity contribution is 1.28. The van der Waals surface area contributed by atoms with Crippen LogP contribution >= 0.6 is 0 Å². The molecule has 1 aliphatic carbocycles. The summed E-state index contributed by atoms with van der Waals surface area (Å²) in [6.45, 7) is 7.93. The van der Waals surface area contributed by atoms with Gasteiger partial charge in [0.2, 0.25) is 0 Å². The Morgan fingerprint density at radius 3 is 2.55 bits per heavy atom. The first-order valence-electron chi connectivity index (χ1n) is 3.74. The van der Waals surface area contributed by atoms with Gasteiger partial charge in [0.1, 0.15) is 0 Å². The summed E-state index contributed by atoms with van der Waals surface area (Å²) in [4.78, 5) is 0. The van der Waals surface area contributed by atoms with E-state index in [2.05, 4.69) is 31.4 Å². The predicted molar refractivity (Wildman–Crippen MR) is 48.3 cm³/mol. The zero-order chi connectivity index (χ0) is 7.84. The fourth-order valence-electron chi connectivity index (χ4n) is 1.50. The van der Waals surface area contributed by atoms with E-state index in [4.69, 9.17) is 0 Å². The number of hydrogen-bond acceptors (Lipinski definition) is 0. The maximum Gasteiger partial charge on any atom is -0.00196 e. The Morgan fingerprint density at radius 2 is 1.82 bits per heavy atom. The van der Waals surface area contributed by atoms with E-state index in [1.807, 2.05) is 6.07 Å². The number of fused-ring (bicyclic) bond motifs is 1. The van der Waals surface area contributed by atoms with Crippen LogP contribution in [0.2, 0.25) is 0 Å². The summed E-state index contributed by atoms with van der Waals surface area (Å²) < 4.78 is 0. The first kappa shape index (κ1) is 6.41. The fraction of sp³-hybridized carbons (Fsp3) is 0.0909. The molecule has 1 aromatic carbocycles. The Labute approximate surface area is 66.9 Å². The van der Waals surface area contributed by atoms with Crippen LogP contribution in [0.4, 0.5) is 0 Å². The largest absolute Gasteiger partial charge is 0.0949 e. The van der Waals surface area contributed by atoms with Crippen molar-refractivity contribution in [2.45, 2.75) is 6.42 Å². The third kappa shape index (κ3) is 0.829. The molecule has 0 amide bonds. The lowest BCUT2D eigenvalue weighted by Crippen LogP contribution is -1.76. The monoisotopic (exact) mass is 142 g/mol. The standard InChI is InChI=1S/C11H10/c1-8-7-10-5-3-4-6-11(10)9(8)2/h3-6H,1-2,7H2. The summed E-state index contributed by atoms with van der Waals surface area (Å²) in [5, 5.41) is 0. The Morgan fingerprint density at radius 1 is 1.09 bits per heavy atom. The molecular weight excluding hydrogens is 132 g/mol. The van der Waals surface area contributed by atoms with Gasteiger partial charge in [-0.3, -0.25) is 0 Å². The molecular formula is C11H10. The van der Waals surface area contributed by atoms with Crippen molar-refractivity contribution in [3.05, 3.63) is 54.1 Å². The molecule has 0 radical (unpaired) electrons. The van der Waals surface area contributed by atoms with Gasteiger partial charge in [-0.05, 0) is 28.7 Å². The van der Waals surface area contributed by atoms with Gasteiger partial charge in [-0.25, -0.2) is 0 Å². The molecule has 0 heteroatoms. The molecule has 1 aromatic rings. The van der Waals surface area contributed by atoms with Crippen molar-refractivity contribution in [1.29, 1.82) is 0 Å². The Hall–Kier alpha value is -1.30. The third-order valence-electron chi connectivity index (χ3n) is 2.17. The molecule has 0 bridgehead atoms. The predicted octanol–water partition coefficient (Wildman–Crippen LogP) is 2.81. The van der Waals surface area contributed by atoms with Gasteiger partial charge < -0.3 is 0 Å². The van der Waals surface area contributed by atoms with E-state index in [1.54, 1.807) is 0 Å². The minimum atomic E-state index is 0.981. The second-order valence-electron chi connectivity index (χ2n) is 2.92. The Balaban J connectivity index is 2.64. The van der Waals surface area contributed by atoms with E-state index in [1.165, 1.54) is 11.1 Å². The highest BCUT2D eigenvalue weighted by Crippen LogP contribution is 2.33. The Kier molecular flexibility index (Phi) is 1.22. The van der Waals surface area contributed by atoms with Crippen LogP contribution < -0.4 is 0 Å². The summed E-state index contributed by atoms with van der Waals surface area (Å²) >= 11 is 0. The van der Waals surface area contributed by atoms with Crippen LogP contribution in [0.5, 0.6) is 0 Å². The average Bonchev–Trinajstić information content (AvgIpc) is 2.30. The summed E-state index contributed by atoms with van der Waals surface area (Å²) in [5.74, 6) is 0. The van der Waals surface area contributed by atoms with E-state index in [9.17, 15) is 0 Å². The lowest BCUT2D eigenvalue weighted by atomic mass is 10.1. The van der Waals surface area contributed by atoms with E-state index >= 15 is 0 Å². The summed E-state index contributed by atoms with van der Waals surface area (Å²) in [7, 11) is 0. The number of rotatable bonds is 0. The van der Waals surface area contributed by atoms with Crippen LogP contribution in [0.1, 0.15) is 11.1 Å². The maximum atomic E-state index is 3.98. The molecule has 0 spiro atoms. The molecule has 11 heavy (non-hydrogen) atoms. The molecule has 1 aliphatic rings. The molecule has 0 unspecified atom stereocenters. The molecule has 54 valence electrons. The van der Waals surface area contributed by atoms with Crippen LogP contribution in [0.15, 0.2) is 43.0 Å². The van der Waals surface area contributed by atoms with Crippen molar-refractivity contribution in [2.75, 3.05) is 0 Å². The number of hydrogen-bond donors (Lipinski definition) is 0. The molecule has 0 saturated heterocycles. The van der Waals surface area contributed by atoms with E-state index in [-0.39, 0.29) is 0 Å². The molecule has 0 N–H and O–H groups in total. The van der Waals surface area contributed by atoms with Gasteiger partial charge in [0.25, 0.3) is 0 Å². The highest BCUT2D eigenvalue weighted by Gasteiger charge is 2.15. The van der Waals surface area contributed by atoms with Crippen LogP contribution in [-0.2, 0) is 6.42 Å². The molecule has 0 fully saturated rings. The SMILES string of the molecule is C=C1Cc2ccccc2C1=C.